The minimum atomic E-state index is -1.88. The summed E-state index contributed by atoms with van der Waals surface area (Å²) >= 11 is 0. The van der Waals surface area contributed by atoms with Crippen LogP contribution < -0.4 is 0 Å². The van der Waals surface area contributed by atoms with Crippen molar-refractivity contribution in [2.24, 2.45) is 0 Å². The summed E-state index contributed by atoms with van der Waals surface area (Å²) in [5, 5.41) is 9.22. The average Bonchev–Trinajstić information content (AvgIpc) is 3.33. The highest BCUT2D eigenvalue weighted by Gasteiger charge is 2.35. The molecule has 6 nitrogen and oxygen atoms in total. The fourth-order valence-corrected chi connectivity index (χ4v) is 3.31. The Morgan fingerprint density at radius 1 is 1.00 bits per heavy atom. The second-order valence-electron chi connectivity index (χ2n) is 6.85. The summed E-state index contributed by atoms with van der Waals surface area (Å²) in [5.74, 6) is 0.552. The third-order valence-corrected chi connectivity index (χ3v) is 4.83. The van der Waals surface area contributed by atoms with E-state index in [0.717, 1.165) is 16.6 Å². The number of nitrogens with zero attached hydrogens (tertiary/aromatic N) is 4. The number of hydrogen-bond donors (Lipinski definition) is 0. The third-order valence-electron chi connectivity index (χ3n) is 4.83. The Hall–Kier alpha value is -3.61. The zero-order valence-corrected chi connectivity index (χ0v) is 15.2. The minimum absolute atomic E-state index is 0.163. The molecule has 0 aliphatic rings. The molecule has 7 heteroatoms. The Bertz CT molecular complexity index is 1320. The number of halogens is 1. The number of pyridine rings is 2. The maximum Gasteiger partial charge on any atom is 0.258 e. The van der Waals surface area contributed by atoms with E-state index in [9.17, 15) is 0 Å². The summed E-state index contributed by atoms with van der Waals surface area (Å²) in [6.07, 6.45) is 3.30. The summed E-state index contributed by atoms with van der Waals surface area (Å²) in [7, 11) is 0. The lowest BCUT2D eigenvalue weighted by molar-refractivity contribution is 0.235. The van der Waals surface area contributed by atoms with E-state index < -0.39 is 5.67 Å². The van der Waals surface area contributed by atoms with Gasteiger partial charge in [-0.25, -0.2) is 9.37 Å². The summed E-state index contributed by atoms with van der Waals surface area (Å²) in [5.41, 5.74) is 1.24. The Labute approximate surface area is 159 Å². The molecular formula is C21H15FN4O2. The predicted octanol–water partition coefficient (Wildman–Crippen LogP) is 4.97. The fraction of sp³-hybridized carbons (Fsp3) is 0.143. The molecule has 0 aliphatic heterocycles. The highest BCUT2D eigenvalue weighted by molar-refractivity contribution is 5.83. The number of benzene rings is 1. The minimum Gasteiger partial charge on any atom is -0.356 e. The lowest BCUT2D eigenvalue weighted by Gasteiger charge is -2.19. The normalized spacial score (nSPS) is 13.8. The first-order chi connectivity index (χ1) is 13.5. The van der Waals surface area contributed by atoms with Crippen LogP contribution in [0.1, 0.15) is 23.9 Å². The molecule has 4 heterocycles. The van der Waals surface area contributed by atoms with Crippen LogP contribution in [0.5, 0.6) is 0 Å². The van der Waals surface area contributed by atoms with Crippen molar-refractivity contribution in [1.82, 2.24) is 20.3 Å². The molecule has 5 aromatic rings. The molecule has 0 fully saturated rings. The van der Waals surface area contributed by atoms with Crippen LogP contribution in [-0.4, -0.2) is 20.3 Å². The Morgan fingerprint density at radius 2 is 1.89 bits per heavy atom. The zero-order valence-electron chi connectivity index (χ0n) is 15.2. The largest absolute Gasteiger partial charge is 0.356 e. The highest BCUT2D eigenvalue weighted by atomic mass is 19.1. The van der Waals surface area contributed by atoms with E-state index in [1.165, 1.54) is 6.92 Å². The summed E-state index contributed by atoms with van der Waals surface area (Å²) in [4.78, 5) is 8.53. The Kier molecular flexibility index (Phi) is 3.52. The van der Waals surface area contributed by atoms with E-state index in [4.69, 9.17) is 9.05 Å². The topological polar surface area (TPSA) is 77.8 Å². The van der Waals surface area contributed by atoms with Crippen molar-refractivity contribution in [3.8, 4) is 11.3 Å². The Balaban J connectivity index is 1.65. The van der Waals surface area contributed by atoms with Gasteiger partial charge in [-0.15, -0.1) is 0 Å². The first-order valence-electron chi connectivity index (χ1n) is 8.76. The van der Waals surface area contributed by atoms with Crippen LogP contribution in [0.3, 0.4) is 0 Å². The van der Waals surface area contributed by atoms with Gasteiger partial charge in [0.05, 0.1) is 16.6 Å². The van der Waals surface area contributed by atoms with Crippen molar-refractivity contribution in [2.75, 3.05) is 0 Å². The lowest BCUT2D eigenvalue weighted by atomic mass is 9.91. The van der Waals surface area contributed by atoms with E-state index in [1.807, 2.05) is 19.1 Å². The van der Waals surface area contributed by atoms with Crippen LogP contribution in [0.25, 0.3) is 33.3 Å². The van der Waals surface area contributed by atoms with E-state index in [2.05, 4.69) is 20.3 Å². The quantitative estimate of drug-likeness (QED) is 0.444. The van der Waals surface area contributed by atoms with Gasteiger partial charge in [0, 0.05) is 29.4 Å². The van der Waals surface area contributed by atoms with Gasteiger partial charge in [-0.1, -0.05) is 22.4 Å². The molecule has 1 aromatic carbocycles. The van der Waals surface area contributed by atoms with Gasteiger partial charge in [0.25, 0.3) is 5.71 Å². The number of rotatable bonds is 3. The molecule has 1 atom stereocenters. The zero-order chi connectivity index (χ0) is 19.3. The number of aromatic nitrogens is 4. The maximum atomic E-state index is 16.0. The van der Waals surface area contributed by atoms with E-state index in [1.54, 1.807) is 42.7 Å². The van der Waals surface area contributed by atoms with Crippen molar-refractivity contribution < 1.29 is 13.4 Å². The lowest BCUT2D eigenvalue weighted by Crippen LogP contribution is -2.18. The van der Waals surface area contributed by atoms with Crippen LogP contribution in [-0.2, 0) is 5.67 Å². The van der Waals surface area contributed by atoms with Crippen molar-refractivity contribution >= 4 is 22.0 Å². The van der Waals surface area contributed by atoms with Crippen LogP contribution >= 0.6 is 0 Å². The van der Waals surface area contributed by atoms with Crippen molar-refractivity contribution in [3.05, 3.63) is 71.8 Å². The molecule has 0 bridgehead atoms. The van der Waals surface area contributed by atoms with Crippen LogP contribution in [0.2, 0.25) is 0 Å². The predicted molar refractivity (Wildman–Crippen MR) is 101 cm³/mol. The van der Waals surface area contributed by atoms with Crippen LogP contribution in [0.15, 0.2) is 63.9 Å². The van der Waals surface area contributed by atoms with Gasteiger partial charge >= 0.3 is 0 Å². The standard InChI is InChI=1S/C21H15FN4O2/c1-12-8-18(27-25-12)14-10-16-19(26-28-20(16)24-11-14)21(2,22)15-5-6-17-13(9-15)4-3-7-23-17/h3-11H,1-2H3. The van der Waals surface area contributed by atoms with Gasteiger partial charge in [-0.2, -0.15) is 0 Å². The number of fused-ring (bicyclic) bond motifs is 2. The van der Waals surface area contributed by atoms with Crippen LogP contribution in [0.4, 0.5) is 4.39 Å². The summed E-state index contributed by atoms with van der Waals surface area (Å²) in [6.45, 7) is 3.30. The number of aryl methyl sites for hydroxylation is 1. The summed E-state index contributed by atoms with van der Waals surface area (Å²) < 4.78 is 26.6. The molecule has 0 spiro atoms. The second kappa shape index (κ2) is 5.95. The molecule has 1 unspecified atom stereocenters. The molecule has 0 saturated heterocycles. The van der Waals surface area contributed by atoms with Gasteiger partial charge in [-0.05, 0) is 43.7 Å². The maximum absolute atomic E-state index is 16.0. The molecule has 0 N–H and O–H groups in total. The first kappa shape index (κ1) is 16.6. The molecule has 138 valence electrons. The van der Waals surface area contributed by atoms with Crippen LogP contribution in [0, 0.1) is 6.92 Å². The smallest absolute Gasteiger partial charge is 0.258 e. The van der Waals surface area contributed by atoms with Crippen molar-refractivity contribution in [2.45, 2.75) is 19.5 Å². The van der Waals surface area contributed by atoms with Gasteiger partial charge < -0.3 is 9.05 Å². The summed E-state index contributed by atoms with van der Waals surface area (Å²) in [6, 6.07) is 12.6. The average molecular weight is 374 g/mol. The van der Waals surface area contributed by atoms with Gasteiger partial charge in [-0.3, -0.25) is 4.98 Å². The Morgan fingerprint density at radius 3 is 2.71 bits per heavy atom. The van der Waals surface area contributed by atoms with E-state index in [0.29, 0.717) is 22.3 Å². The first-order valence-corrected chi connectivity index (χ1v) is 8.76. The van der Waals surface area contributed by atoms with Crippen molar-refractivity contribution in [3.63, 3.8) is 0 Å². The molecule has 0 saturated carbocycles. The van der Waals surface area contributed by atoms with Gasteiger partial charge in [0.15, 0.2) is 11.4 Å². The van der Waals surface area contributed by atoms with Gasteiger partial charge in [0.2, 0.25) is 0 Å². The third kappa shape index (κ3) is 2.55. The molecule has 0 radical (unpaired) electrons. The van der Waals surface area contributed by atoms with E-state index in [-0.39, 0.29) is 11.4 Å². The van der Waals surface area contributed by atoms with Gasteiger partial charge in [0.1, 0.15) is 5.69 Å². The molecule has 0 amide bonds. The van der Waals surface area contributed by atoms with E-state index >= 15 is 4.39 Å². The number of hydrogen-bond acceptors (Lipinski definition) is 6. The molecular weight excluding hydrogens is 359 g/mol. The molecule has 5 rings (SSSR count). The molecule has 28 heavy (non-hydrogen) atoms. The van der Waals surface area contributed by atoms with Crippen molar-refractivity contribution in [1.29, 1.82) is 0 Å². The highest BCUT2D eigenvalue weighted by Crippen LogP contribution is 2.38. The second-order valence-corrected chi connectivity index (χ2v) is 6.85. The fourth-order valence-electron chi connectivity index (χ4n) is 3.31. The molecule has 0 aliphatic carbocycles. The monoisotopic (exact) mass is 374 g/mol. The number of alkyl halides is 1. The SMILES string of the molecule is Cc1cc(-c2cnc3onc(C(C)(F)c4ccc5ncccc5c4)c3c2)on1. The molecule has 4 aromatic heterocycles.